The lowest BCUT2D eigenvalue weighted by Crippen LogP contribution is -1.83. The molecule has 2 aromatic rings. The van der Waals surface area contributed by atoms with Gasteiger partial charge in [0.25, 0.3) is 0 Å². The largest absolute Gasteiger partial charge is 0.239 e. The summed E-state index contributed by atoms with van der Waals surface area (Å²) >= 11 is 5.36. The second kappa shape index (κ2) is 4.63. The van der Waals surface area contributed by atoms with Gasteiger partial charge in [-0.3, -0.25) is 0 Å². The Hall–Kier alpha value is -1.78. The molecule has 1 heterocycles. The highest BCUT2D eigenvalue weighted by atomic mass is 35.5. The minimum atomic E-state index is 0.753. The number of fused-ring (bicyclic) bond motifs is 1. The van der Waals surface area contributed by atoms with Crippen molar-refractivity contribution in [3.05, 3.63) is 53.7 Å². The van der Waals surface area contributed by atoms with Crippen molar-refractivity contribution in [1.29, 1.82) is 0 Å². The molecule has 0 atom stereocenters. The van der Waals surface area contributed by atoms with Gasteiger partial charge < -0.3 is 0 Å². The van der Waals surface area contributed by atoms with Crippen molar-refractivity contribution in [2.45, 2.75) is 0 Å². The van der Waals surface area contributed by atoms with Crippen LogP contribution in [0.2, 0.25) is 0 Å². The van der Waals surface area contributed by atoms with Crippen LogP contribution in [0.5, 0.6) is 0 Å². The van der Waals surface area contributed by atoms with Crippen LogP contribution in [0, 0.1) is 11.8 Å². The third kappa shape index (κ3) is 2.37. The van der Waals surface area contributed by atoms with Crippen LogP contribution < -0.4 is 0 Å². The molecule has 0 aliphatic heterocycles. The maximum absolute atomic E-state index is 5.36. The first-order valence-electron chi connectivity index (χ1n) is 4.53. The molecule has 1 aromatic carbocycles. The van der Waals surface area contributed by atoms with Gasteiger partial charge in [-0.2, -0.15) is 0 Å². The highest BCUT2D eigenvalue weighted by Crippen LogP contribution is 2.10. The number of aromatic nitrogens is 1. The Kier molecular flexibility index (Phi) is 3.02. The van der Waals surface area contributed by atoms with Gasteiger partial charge in [0.2, 0.25) is 0 Å². The van der Waals surface area contributed by atoms with Crippen molar-refractivity contribution >= 4 is 22.5 Å². The van der Waals surface area contributed by atoms with E-state index < -0.39 is 0 Å². The third-order valence-electron chi connectivity index (χ3n) is 1.94. The molecule has 0 saturated carbocycles. The zero-order valence-electron chi connectivity index (χ0n) is 7.94. The Morgan fingerprint density at radius 2 is 2.00 bits per heavy atom. The summed E-state index contributed by atoms with van der Waals surface area (Å²) in [5.74, 6) is 5.70. The Morgan fingerprint density at radius 1 is 1.13 bits per heavy atom. The smallest absolute Gasteiger partial charge is 0.114 e. The van der Waals surface area contributed by atoms with E-state index in [1.165, 1.54) is 5.54 Å². The summed E-state index contributed by atoms with van der Waals surface area (Å²) in [6, 6.07) is 11.9. The number of hydrogen-bond donors (Lipinski definition) is 0. The number of hydrogen-bond acceptors (Lipinski definition) is 1. The van der Waals surface area contributed by atoms with Crippen LogP contribution in [0.15, 0.2) is 48.0 Å². The third-order valence-corrected chi connectivity index (χ3v) is 2.07. The molecule has 1 aromatic heterocycles. The van der Waals surface area contributed by atoms with E-state index in [4.69, 9.17) is 11.6 Å². The van der Waals surface area contributed by atoms with Gasteiger partial charge in [0.1, 0.15) is 5.69 Å². The molecule has 0 unspecified atom stereocenters. The molecule has 1 nitrogen and oxygen atoms in total. The molecule has 15 heavy (non-hydrogen) atoms. The Labute approximate surface area is 93.4 Å². The van der Waals surface area contributed by atoms with Crippen molar-refractivity contribution in [2.75, 3.05) is 0 Å². The minimum Gasteiger partial charge on any atom is -0.239 e. The first kappa shape index (κ1) is 9.76. The summed E-state index contributed by atoms with van der Waals surface area (Å²) in [5.41, 5.74) is 3.09. The molecule has 0 bridgehead atoms. The van der Waals surface area contributed by atoms with E-state index in [0.717, 1.165) is 16.6 Å². The summed E-state index contributed by atoms with van der Waals surface area (Å²) in [5, 5.41) is 1.12. The number of nitrogens with zero attached hydrogens (tertiary/aromatic N) is 1. The Morgan fingerprint density at radius 3 is 2.87 bits per heavy atom. The van der Waals surface area contributed by atoms with Crippen molar-refractivity contribution in [3.8, 4) is 11.8 Å². The van der Waals surface area contributed by atoms with Gasteiger partial charge in [-0.25, -0.2) is 4.98 Å². The van der Waals surface area contributed by atoms with Crippen LogP contribution in [-0.4, -0.2) is 4.98 Å². The van der Waals surface area contributed by atoms with Gasteiger partial charge in [0, 0.05) is 10.9 Å². The van der Waals surface area contributed by atoms with E-state index >= 15 is 0 Å². The van der Waals surface area contributed by atoms with Gasteiger partial charge in [-0.1, -0.05) is 41.8 Å². The minimum absolute atomic E-state index is 0.753. The van der Waals surface area contributed by atoms with Crippen molar-refractivity contribution in [3.63, 3.8) is 0 Å². The predicted molar refractivity (Wildman–Crippen MR) is 63.6 cm³/mol. The van der Waals surface area contributed by atoms with E-state index in [0.29, 0.717) is 0 Å². The van der Waals surface area contributed by atoms with Crippen molar-refractivity contribution < 1.29 is 0 Å². The first-order valence-corrected chi connectivity index (χ1v) is 4.96. The monoisotopic (exact) mass is 213 g/mol. The average Bonchev–Trinajstić information content (AvgIpc) is 2.29. The second-order valence-electron chi connectivity index (χ2n) is 2.95. The molecule has 0 saturated heterocycles. The summed E-state index contributed by atoms with van der Waals surface area (Å²) in [4.78, 5) is 4.40. The van der Waals surface area contributed by atoms with E-state index in [-0.39, 0.29) is 0 Å². The molecule has 0 radical (unpaired) electrons. The first-order chi connectivity index (χ1) is 7.40. The lowest BCUT2D eigenvalue weighted by atomic mass is 10.2. The van der Waals surface area contributed by atoms with Crippen molar-refractivity contribution in [1.82, 2.24) is 4.98 Å². The summed E-state index contributed by atoms with van der Waals surface area (Å²) in [6.07, 6.45) is 1.58. The van der Waals surface area contributed by atoms with Gasteiger partial charge in [-0.15, -0.1) is 0 Å². The summed E-state index contributed by atoms with van der Waals surface area (Å²) in [6.45, 7) is 0. The number of benzene rings is 1. The van der Waals surface area contributed by atoms with Gasteiger partial charge in [0.15, 0.2) is 0 Å². The molecule has 2 rings (SSSR count). The highest BCUT2D eigenvalue weighted by Gasteiger charge is 1.93. The van der Waals surface area contributed by atoms with Crippen LogP contribution in [-0.2, 0) is 0 Å². The molecule has 72 valence electrons. The quantitative estimate of drug-likeness (QED) is 0.612. The van der Waals surface area contributed by atoms with Crippen LogP contribution in [0.25, 0.3) is 10.9 Å². The number of allylic oxidation sites excluding steroid dienone is 1. The predicted octanol–water partition coefficient (Wildman–Crippen LogP) is 3.34. The average molecular weight is 214 g/mol. The molecule has 0 fully saturated rings. The number of para-hydroxylation sites is 1. The number of halogens is 1. The van der Waals surface area contributed by atoms with E-state index in [1.807, 2.05) is 36.4 Å². The van der Waals surface area contributed by atoms with E-state index in [9.17, 15) is 0 Å². The van der Waals surface area contributed by atoms with Gasteiger partial charge >= 0.3 is 0 Å². The second-order valence-corrected chi connectivity index (χ2v) is 3.20. The topological polar surface area (TPSA) is 12.9 Å². The molecule has 0 aliphatic carbocycles. The zero-order chi connectivity index (χ0) is 10.5. The molecular formula is C13H8ClN. The van der Waals surface area contributed by atoms with Crippen LogP contribution in [0.4, 0.5) is 0 Å². The fourth-order valence-electron chi connectivity index (χ4n) is 1.28. The zero-order valence-corrected chi connectivity index (χ0v) is 8.70. The highest BCUT2D eigenvalue weighted by molar-refractivity contribution is 6.25. The standard InChI is InChI=1S/C13H8ClN/c14-10-4-3-6-12-9-8-11-5-1-2-7-13(11)15-12/h1-2,4-5,7-10H/b10-4-. The molecule has 0 amide bonds. The molecule has 0 spiro atoms. The normalized spacial score (nSPS) is 10.2. The van der Waals surface area contributed by atoms with Gasteiger partial charge in [-0.05, 0) is 24.1 Å². The van der Waals surface area contributed by atoms with Gasteiger partial charge in [0.05, 0.1) is 5.52 Å². The molecule has 0 N–H and O–H groups in total. The SMILES string of the molecule is Cl/C=C\C#Cc1ccc2ccccc2n1. The maximum Gasteiger partial charge on any atom is 0.114 e. The number of pyridine rings is 1. The molecule has 0 aliphatic rings. The summed E-state index contributed by atoms with van der Waals surface area (Å²) in [7, 11) is 0. The lowest BCUT2D eigenvalue weighted by molar-refractivity contribution is 1.36. The Balaban J connectivity index is 2.44. The molecular weight excluding hydrogens is 206 g/mol. The van der Waals surface area contributed by atoms with E-state index in [2.05, 4.69) is 16.8 Å². The van der Waals surface area contributed by atoms with Crippen LogP contribution >= 0.6 is 11.6 Å². The van der Waals surface area contributed by atoms with Crippen LogP contribution in [0.1, 0.15) is 5.69 Å². The maximum atomic E-state index is 5.36. The number of rotatable bonds is 0. The fraction of sp³-hybridized carbons (Fsp3) is 0. The fourth-order valence-corrected chi connectivity index (χ4v) is 1.35. The van der Waals surface area contributed by atoms with E-state index in [1.54, 1.807) is 6.08 Å². The van der Waals surface area contributed by atoms with Crippen molar-refractivity contribution in [2.24, 2.45) is 0 Å². The molecule has 2 heteroatoms. The lowest BCUT2D eigenvalue weighted by Gasteiger charge is -1.95. The summed E-state index contributed by atoms with van der Waals surface area (Å²) < 4.78 is 0. The van der Waals surface area contributed by atoms with Crippen LogP contribution in [0.3, 0.4) is 0 Å². The Bertz CT molecular complexity index is 561.